The van der Waals surface area contributed by atoms with Crippen LogP contribution in [0.4, 0.5) is 5.69 Å². The Kier molecular flexibility index (Phi) is 5.87. The van der Waals surface area contributed by atoms with Crippen molar-refractivity contribution in [2.24, 2.45) is 0 Å². The first-order valence-corrected chi connectivity index (χ1v) is 9.01. The molecule has 8 nitrogen and oxygen atoms in total. The molecule has 0 aromatic heterocycles. The van der Waals surface area contributed by atoms with Gasteiger partial charge >= 0.3 is 5.97 Å². The summed E-state index contributed by atoms with van der Waals surface area (Å²) in [6.07, 6.45) is 1.43. The number of carbonyl (C=O) groups is 5. The third-order valence-corrected chi connectivity index (χ3v) is 4.43. The van der Waals surface area contributed by atoms with Crippen LogP contribution >= 0.6 is 0 Å². The highest BCUT2D eigenvalue weighted by Crippen LogP contribution is 2.24. The number of rotatable bonds is 7. The zero-order valence-electron chi connectivity index (χ0n) is 16.1. The van der Waals surface area contributed by atoms with Gasteiger partial charge in [0.2, 0.25) is 0 Å². The standard InChI is InChI=1S/C22H18N2O6/c1-3-10-24-20(27)17-9-6-15(11-18(17)21(24)28)22(29)30-12-19(26)23-16-7-4-14(5-8-16)13(2)25/h3-9,11H,1,10,12H2,2H3,(H,23,26). The predicted octanol–water partition coefficient (Wildman–Crippen LogP) is 2.47. The monoisotopic (exact) mass is 406 g/mol. The Morgan fingerprint density at radius 2 is 1.63 bits per heavy atom. The molecular weight excluding hydrogens is 388 g/mol. The highest BCUT2D eigenvalue weighted by molar-refractivity contribution is 6.22. The van der Waals surface area contributed by atoms with Crippen molar-refractivity contribution >= 4 is 35.2 Å². The number of Topliss-reactive ketones (excluding diaryl/α,β-unsaturated/α-hetero) is 1. The Bertz CT molecular complexity index is 1070. The number of imide groups is 1. The van der Waals surface area contributed by atoms with Crippen molar-refractivity contribution in [1.82, 2.24) is 4.90 Å². The van der Waals surface area contributed by atoms with Gasteiger partial charge in [0.25, 0.3) is 17.7 Å². The summed E-state index contributed by atoms with van der Waals surface area (Å²) in [5.41, 5.74) is 1.31. The van der Waals surface area contributed by atoms with Crippen LogP contribution in [0.2, 0.25) is 0 Å². The van der Waals surface area contributed by atoms with Gasteiger partial charge in [-0.2, -0.15) is 0 Å². The van der Waals surface area contributed by atoms with Crippen LogP contribution in [0.15, 0.2) is 55.1 Å². The molecule has 1 aliphatic heterocycles. The van der Waals surface area contributed by atoms with E-state index in [1.54, 1.807) is 24.3 Å². The maximum absolute atomic E-state index is 12.3. The molecule has 0 spiro atoms. The first kappa shape index (κ1) is 20.7. The van der Waals surface area contributed by atoms with E-state index in [9.17, 15) is 24.0 Å². The highest BCUT2D eigenvalue weighted by Gasteiger charge is 2.35. The second-order valence-corrected chi connectivity index (χ2v) is 6.53. The number of amides is 3. The number of carbonyl (C=O) groups excluding carboxylic acids is 5. The molecule has 0 saturated carbocycles. The summed E-state index contributed by atoms with van der Waals surface area (Å²) in [5, 5.41) is 2.55. The van der Waals surface area contributed by atoms with Crippen LogP contribution < -0.4 is 5.32 Å². The van der Waals surface area contributed by atoms with Crippen molar-refractivity contribution < 1.29 is 28.7 Å². The molecule has 0 fully saturated rings. The van der Waals surface area contributed by atoms with Crippen LogP contribution in [-0.4, -0.2) is 47.5 Å². The van der Waals surface area contributed by atoms with E-state index in [1.807, 2.05) is 0 Å². The highest BCUT2D eigenvalue weighted by atomic mass is 16.5. The number of hydrogen-bond donors (Lipinski definition) is 1. The van der Waals surface area contributed by atoms with E-state index in [0.29, 0.717) is 11.3 Å². The second-order valence-electron chi connectivity index (χ2n) is 6.53. The van der Waals surface area contributed by atoms with E-state index in [-0.39, 0.29) is 29.0 Å². The molecule has 30 heavy (non-hydrogen) atoms. The average molecular weight is 406 g/mol. The van der Waals surface area contributed by atoms with Crippen molar-refractivity contribution in [3.8, 4) is 0 Å². The molecule has 1 heterocycles. The molecule has 1 aliphatic rings. The summed E-state index contributed by atoms with van der Waals surface area (Å²) in [6, 6.07) is 10.3. The number of nitrogens with one attached hydrogen (secondary N) is 1. The SMILES string of the molecule is C=CCN1C(=O)c2ccc(C(=O)OCC(=O)Nc3ccc(C(C)=O)cc3)cc2C1=O. The van der Waals surface area contributed by atoms with Crippen LogP contribution in [0.25, 0.3) is 0 Å². The summed E-state index contributed by atoms with van der Waals surface area (Å²) in [5.74, 6) is -2.43. The minimum atomic E-state index is -0.803. The first-order chi connectivity index (χ1) is 14.3. The lowest BCUT2D eigenvalue weighted by molar-refractivity contribution is -0.119. The van der Waals surface area contributed by atoms with Crippen LogP contribution in [0.3, 0.4) is 0 Å². The van der Waals surface area contributed by atoms with Gasteiger partial charge in [-0.05, 0) is 49.4 Å². The van der Waals surface area contributed by atoms with Gasteiger partial charge < -0.3 is 10.1 Å². The largest absolute Gasteiger partial charge is 0.452 e. The number of ketones is 1. The maximum atomic E-state index is 12.3. The van der Waals surface area contributed by atoms with Gasteiger partial charge in [0.15, 0.2) is 12.4 Å². The Hall–Kier alpha value is -4.07. The Morgan fingerprint density at radius 3 is 2.27 bits per heavy atom. The number of nitrogens with zero attached hydrogens (tertiary/aromatic N) is 1. The molecule has 2 aromatic carbocycles. The Morgan fingerprint density at radius 1 is 1.00 bits per heavy atom. The van der Waals surface area contributed by atoms with E-state index in [1.165, 1.54) is 31.2 Å². The summed E-state index contributed by atoms with van der Waals surface area (Å²) < 4.78 is 4.99. The van der Waals surface area contributed by atoms with Crippen molar-refractivity contribution in [2.45, 2.75) is 6.92 Å². The molecule has 152 valence electrons. The van der Waals surface area contributed by atoms with E-state index in [2.05, 4.69) is 11.9 Å². The minimum absolute atomic E-state index is 0.0500. The number of anilines is 1. The summed E-state index contributed by atoms with van der Waals surface area (Å²) >= 11 is 0. The van der Waals surface area contributed by atoms with Crippen molar-refractivity contribution in [1.29, 1.82) is 0 Å². The smallest absolute Gasteiger partial charge is 0.338 e. The summed E-state index contributed by atoms with van der Waals surface area (Å²) in [7, 11) is 0. The lowest BCUT2D eigenvalue weighted by Gasteiger charge is -2.09. The lowest BCUT2D eigenvalue weighted by atomic mass is 10.1. The summed E-state index contributed by atoms with van der Waals surface area (Å²) in [4.78, 5) is 61.1. The molecule has 3 rings (SSSR count). The topological polar surface area (TPSA) is 110 Å². The lowest BCUT2D eigenvalue weighted by Crippen LogP contribution is -2.29. The zero-order chi connectivity index (χ0) is 21.8. The Balaban J connectivity index is 1.61. The third-order valence-electron chi connectivity index (χ3n) is 4.43. The number of hydrogen-bond acceptors (Lipinski definition) is 6. The van der Waals surface area contributed by atoms with E-state index in [0.717, 1.165) is 4.90 Å². The van der Waals surface area contributed by atoms with Crippen LogP contribution in [0.1, 0.15) is 48.4 Å². The fourth-order valence-corrected chi connectivity index (χ4v) is 2.91. The predicted molar refractivity (Wildman–Crippen MR) is 107 cm³/mol. The van der Waals surface area contributed by atoms with Crippen LogP contribution in [-0.2, 0) is 9.53 Å². The molecule has 0 unspecified atom stereocenters. The molecule has 0 bridgehead atoms. The van der Waals surface area contributed by atoms with Crippen molar-refractivity contribution in [3.05, 3.63) is 77.4 Å². The Labute approximate surface area is 172 Å². The molecule has 1 N–H and O–H groups in total. The quantitative estimate of drug-likeness (QED) is 0.327. The van der Waals surface area contributed by atoms with Gasteiger partial charge in [-0.3, -0.25) is 24.1 Å². The number of esters is 1. The zero-order valence-corrected chi connectivity index (χ0v) is 16.1. The maximum Gasteiger partial charge on any atom is 0.338 e. The van der Waals surface area contributed by atoms with Gasteiger partial charge in [0.1, 0.15) is 0 Å². The molecule has 0 aliphatic carbocycles. The van der Waals surface area contributed by atoms with Gasteiger partial charge in [-0.15, -0.1) is 6.58 Å². The number of fused-ring (bicyclic) bond motifs is 1. The van der Waals surface area contributed by atoms with Gasteiger partial charge in [0, 0.05) is 17.8 Å². The minimum Gasteiger partial charge on any atom is -0.452 e. The fourth-order valence-electron chi connectivity index (χ4n) is 2.91. The molecular formula is C22H18N2O6. The van der Waals surface area contributed by atoms with Gasteiger partial charge in [0.05, 0.1) is 16.7 Å². The van der Waals surface area contributed by atoms with Crippen molar-refractivity contribution in [2.75, 3.05) is 18.5 Å². The molecule has 2 aromatic rings. The molecule has 0 radical (unpaired) electrons. The fraction of sp³-hybridized carbons (Fsp3) is 0.136. The van der Waals surface area contributed by atoms with Gasteiger partial charge in [-0.1, -0.05) is 6.08 Å². The van der Waals surface area contributed by atoms with Crippen LogP contribution in [0, 0.1) is 0 Å². The van der Waals surface area contributed by atoms with E-state index >= 15 is 0 Å². The van der Waals surface area contributed by atoms with E-state index in [4.69, 9.17) is 4.74 Å². The molecule has 0 saturated heterocycles. The second kappa shape index (κ2) is 8.52. The van der Waals surface area contributed by atoms with Crippen molar-refractivity contribution in [3.63, 3.8) is 0 Å². The molecule has 3 amide bonds. The molecule has 0 atom stereocenters. The third kappa shape index (κ3) is 4.17. The first-order valence-electron chi connectivity index (χ1n) is 9.01. The number of benzene rings is 2. The molecule has 8 heteroatoms. The van der Waals surface area contributed by atoms with Gasteiger partial charge in [-0.25, -0.2) is 4.79 Å². The summed E-state index contributed by atoms with van der Waals surface area (Å²) in [6.45, 7) is 4.48. The van der Waals surface area contributed by atoms with Crippen LogP contribution in [0.5, 0.6) is 0 Å². The number of ether oxygens (including phenoxy) is 1. The average Bonchev–Trinajstić information content (AvgIpc) is 2.97. The van der Waals surface area contributed by atoms with E-state index < -0.39 is 30.3 Å². The normalized spacial score (nSPS) is 12.4.